The van der Waals surface area contributed by atoms with Crippen LogP contribution in [-0.4, -0.2) is 22.7 Å². The molecule has 0 saturated heterocycles. The van der Waals surface area contributed by atoms with Crippen LogP contribution in [-0.2, 0) is 0 Å². The van der Waals surface area contributed by atoms with Gasteiger partial charge in [0.15, 0.2) is 11.9 Å². The molecule has 4 nitrogen and oxygen atoms in total. The van der Waals surface area contributed by atoms with E-state index in [1.807, 2.05) is 24.3 Å². The molecule has 0 amide bonds. The number of H-pyrrole nitrogens is 1. The number of para-hydroxylation sites is 1. The van der Waals surface area contributed by atoms with Crippen molar-refractivity contribution in [3.8, 4) is 5.75 Å². The molecule has 23 heavy (non-hydrogen) atoms. The number of carbonyl (C=O) groups is 2. The Bertz CT molecular complexity index is 879. The van der Waals surface area contributed by atoms with Gasteiger partial charge in [-0.25, -0.2) is 0 Å². The Morgan fingerprint density at radius 2 is 1.87 bits per heavy atom. The minimum Gasteiger partial charge on any atom is -0.483 e. The lowest BCUT2D eigenvalue weighted by atomic mass is 10.1. The highest BCUT2D eigenvalue weighted by molar-refractivity contribution is 6.09. The molecule has 3 aromatic rings. The number of benzene rings is 2. The van der Waals surface area contributed by atoms with Gasteiger partial charge < -0.3 is 9.72 Å². The van der Waals surface area contributed by atoms with Crippen LogP contribution in [0.25, 0.3) is 10.9 Å². The molecule has 0 bridgehead atoms. The van der Waals surface area contributed by atoms with E-state index in [1.54, 1.807) is 37.4 Å². The number of Topliss-reactive ketones (excluding diaryl/α,β-unsaturated/α-hetero) is 2. The standard InChI is InChI=1S/C19H17NO3/c1-12(21)14-6-5-7-15(10-14)23-13(2)19(22)17-11-20-18-9-4-3-8-16(17)18/h3-11,13,20H,1-2H3/t13-/m1/s1. The third kappa shape index (κ3) is 3.01. The van der Waals surface area contributed by atoms with Gasteiger partial charge in [-0.05, 0) is 32.0 Å². The van der Waals surface area contributed by atoms with Crippen molar-refractivity contribution in [3.63, 3.8) is 0 Å². The van der Waals surface area contributed by atoms with Gasteiger partial charge >= 0.3 is 0 Å². The minimum atomic E-state index is -0.642. The van der Waals surface area contributed by atoms with Gasteiger partial charge in [-0.3, -0.25) is 9.59 Å². The van der Waals surface area contributed by atoms with Crippen molar-refractivity contribution in [2.24, 2.45) is 0 Å². The molecular weight excluding hydrogens is 290 g/mol. The molecule has 1 aromatic heterocycles. The van der Waals surface area contributed by atoms with Crippen LogP contribution in [0, 0.1) is 0 Å². The summed E-state index contributed by atoms with van der Waals surface area (Å²) in [6.45, 7) is 3.21. The summed E-state index contributed by atoms with van der Waals surface area (Å²) in [5.41, 5.74) is 2.09. The smallest absolute Gasteiger partial charge is 0.205 e. The van der Waals surface area contributed by atoms with Crippen molar-refractivity contribution in [1.82, 2.24) is 4.98 Å². The first-order valence-corrected chi connectivity index (χ1v) is 7.44. The van der Waals surface area contributed by atoms with E-state index in [0.29, 0.717) is 16.9 Å². The van der Waals surface area contributed by atoms with Crippen LogP contribution in [0.15, 0.2) is 54.7 Å². The number of hydrogen-bond acceptors (Lipinski definition) is 3. The zero-order valence-corrected chi connectivity index (χ0v) is 13.0. The first-order chi connectivity index (χ1) is 11.1. The SMILES string of the molecule is CC(=O)c1cccc(O[C@H](C)C(=O)c2c[nH]c3ccccc23)c1. The van der Waals surface area contributed by atoms with E-state index in [1.165, 1.54) is 6.92 Å². The Kier molecular flexibility index (Phi) is 3.98. The average Bonchev–Trinajstić information content (AvgIpc) is 2.98. The maximum absolute atomic E-state index is 12.6. The molecule has 3 rings (SSSR count). The van der Waals surface area contributed by atoms with Crippen molar-refractivity contribution in [2.75, 3.05) is 0 Å². The Morgan fingerprint density at radius 3 is 2.65 bits per heavy atom. The molecule has 0 spiro atoms. The fourth-order valence-corrected chi connectivity index (χ4v) is 2.54. The van der Waals surface area contributed by atoms with Crippen molar-refractivity contribution < 1.29 is 14.3 Å². The van der Waals surface area contributed by atoms with Gasteiger partial charge in [0.05, 0.1) is 0 Å². The second-order valence-corrected chi connectivity index (χ2v) is 5.46. The van der Waals surface area contributed by atoms with Crippen LogP contribution in [0.4, 0.5) is 0 Å². The number of fused-ring (bicyclic) bond motifs is 1. The Hall–Kier alpha value is -2.88. The van der Waals surface area contributed by atoms with Crippen LogP contribution in [0.1, 0.15) is 34.6 Å². The average molecular weight is 307 g/mol. The first-order valence-electron chi connectivity index (χ1n) is 7.44. The lowest BCUT2D eigenvalue weighted by Gasteiger charge is -2.14. The zero-order valence-electron chi connectivity index (χ0n) is 13.0. The highest BCUT2D eigenvalue weighted by atomic mass is 16.5. The summed E-state index contributed by atoms with van der Waals surface area (Å²) in [5, 5.41) is 0.880. The molecule has 0 aliphatic carbocycles. The number of hydrogen-bond donors (Lipinski definition) is 1. The predicted molar refractivity (Wildman–Crippen MR) is 89.2 cm³/mol. The topological polar surface area (TPSA) is 59.2 Å². The summed E-state index contributed by atoms with van der Waals surface area (Å²) in [6, 6.07) is 14.5. The van der Waals surface area contributed by atoms with Gasteiger partial charge in [-0.15, -0.1) is 0 Å². The second-order valence-electron chi connectivity index (χ2n) is 5.46. The molecule has 0 aliphatic rings. The third-order valence-corrected chi connectivity index (χ3v) is 3.78. The quantitative estimate of drug-likeness (QED) is 0.724. The number of carbonyl (C=O) groups excluding carboxylic acids is 2. The van der Waals surface area contributed by atoms with Crippen LogP contribution >= 0.6 is 0 Å². The molecule has 2 aromatic carbocycles. The summed E-state index contributed by atoms with van der Waals surface area (Å²) in [7, 11) is 0. The molecule has 116 valence electrons. The van der Waals surface area contributed by atoms with Crippen molar-refractivity contribution >= 4 is 22.5 Å². The Labute approximate surface area is 134 Å². The van der Waals surface area contributed by atoms with Crippen LogP contribution in [0.5, 0.6) is 5.75 Å². The van der Waals surface area contributed by atoms with Crippen LogP contribution < -0.4 is 4.74 Å². The molecule has 4 heteroatoms. The van der Waals surface area contributed by atoms with Crippen molar-refractivity contribution in [3.05, 3.63) is 65.9 Å². The minimum absolute atomic E-state index is 0.0361. The monoisotopic (exact) mass is 307 g/mol. The normalized spacial score (nSPS) is 12.1. The van der Waals surface area contributed by atoms with Crippen molar-refractivity contribution in [2.45, 2.75) is 20.0 Å². The number of nitrogens with one attached hydrogen (secondary N) is 1. The van der Waals surface area contributed by atoms with Crippen molar-refractivity contribution in [1.29, 1.82) is 0 Å². The fourth-order valence-electron chi connectivity index (χ4n) is 2.54. The Balaban J connectivity index is 1.83. The number of ketones is 2. The molecule has 0 saturated carbocycles. The maximum atomic E-state index is 12.6. The summed E-state index contributed by atoms with van der Waals surface area (Å²) >= 11 is 0. The fraction of sp³-hybridized carbons (Fsp3) is 0.158. The highest BCUT2D eigenvalue weighted by Crippen LogP contribution is 2.21. The summed E-state index contributed by atoms with van der Waals surface area (Å²) < 4.78 is 5.72. The van der Waals surface area contributed by atoms with Crippen LogP contribution in [0.3, 0.4) is 0 Å². The maximum Gasteiger partial charge on any atom is 0.205 e. The van der Waals surface area contributed by atoms with E-state index >= 15 is 0 Å². The number of aromatic amines is 1. The molecule has 0 radical (unpaired) electrons. The number of rotatable bonds is 5. The second kappa shape index (κ2) is 6.08. The lowest BCUT2D eigenvalue weighted by Crippen LogP contribution is -2.23. The molecular formula is C19H17NO3. The van der Waals surface area contributed by atoms with E-state index in [4.69, 9.17) is 4.74 Å². The first kappa shape index (κ1) is 15.0. The number of ether oxygens (including phenoxy) is 1. The van der Waals surface area contributed by atoms with Gasteiger partial charge in [0.2, 0.25) is 5.78 Å². The lowest BCUT2D eigenvalue weighted by molar-refractivity contribution is 0.0820. The largest absolute Gasteiger partial charge is 0.483 e. The zero-order chi connectivity index (χ0) is 16.4. The van der Waals surface area contributed by atoms with E-state index in [0.717, 1.165) is 10.9 Å². The molecule has 1 heterocycles. The molecule has 0 fully saturated rings. The van der Waals surface area contributed by atoms with Gasteiger partial charge in [-0.1, -0.05) is 30.3 Å². The Morgan fingerprint density at radius 1 is 1.09 bits per heavy atom. The van der Waals surface area contributed by atoms with Gasteiger partial charge in [0.1, 0.15) is 5.75 Å². The number of aromatic nitrogens is 1. The van der Waals surface area contributed by atoms with E-state index in [2.05, 4.69) is 4.98 Å². The van der Waals surface area contributed by atoms with Gasteiger partial charge in [0.25, 0.3) is 0 Å². The molecule has 0 aliphatic heterocycles. The third-order valence-electron chi connectivity index (χ3n) is 3.78. The van der Waals surface area contributed by atoms with Gasteiger partial charge in [0, 0.05) is 28.2 Å². The summed E-state index contributed by atoms with van der Waals surface area (Å²) in [5.74, 6) is 0.375. The molecule has 1 N–H and O–H groups in total. The van der Waals surface area contributed by atoms with E-state index < -0.39 is 6.10 Å². The predicted octanol–water partition coefficient (Wildman–Crippen LogP) is 4.02. The molecule has 1 atom stereocenters. The summed E-state index contributed by atoms with van der Waals surface area (Å²) in [6.07, 6.45) is 1.06. The van der Waals surface area contributed by atoms with E-state index in [-0.39, 0.29) is 11.6 Å². The van der Waals surface area contributed by atoms with E-state index in [9.17, 15) is 9.59 Å². The van der Waals surface area contributed by atoms with Gasteiger partial charge in [-0.2, -0.15) is 0 Å². The molecule has 0 unspecified atom stereocenters. The van der Waals surface area contributed by atoms with Crippen LogP contribution in [0.2, 0.25) is 0 Å². The highest BCUT2D eigenvalue weighted by Gasteiger charge is 2.20. The summed E-state index contributed by atoms with van der Waals surface area (Å²) in [4.78, 5) is 27.1.